The Morgan fingerprint density at radius 3 is 2.56 bits per heavy atom. The molecule has 5 nitrogen and oxygen atoms in total. The van der Waals surface area contributed by atoms with Gasteiger partial charge < -0.3 is 15.1 Å². The number of nitrogens with one attached hydrogen (secondary N) is 1. The Morgan fingerprint density at radius 2 is 1.85 bits per heavy atom. The highest BCUT2D eigenvalue weighted by Crippen LogP contribution is 2.40. The molecule has 0 radical (unpaired) electrons. The van der Waals surface area contributed by atoms with Crippen LogP contribution in [0.1, 0.15) is 12.0 Å². The number of fused-ring (bicyclic) bond motifs is 2. The van der Waals surface area contributed by atoms with Gasteiger partial charge in [0.2, 0.25) is 0 Å². The highest BCUT2D eigenvalue weighted by atomic mass is 35.5. The number of likely N-dealkylation sites (tertiary alicyclic amines) is 1. The van der Waals surface area contributed by atoms with Crippen LogP contribution < -0.4 is 10.2 Å². The number of hydrogen-bond donors (Lipinski definition) is 1. The van der Waals surface area contributed by atoms with Crippen molar-refractivity contribution < 1.29 is 4.79 Å². The van der Waals surface area contributed by atoms with Crippen LogP contribution in [0.5, 0.6) is 0 Å². The quantitative estimate of drug-likeness (QED) is 0.729. The van der Waals surface area contributed by atoms with E-state index in [0.717, 1.165) is 24.2 Å². The highest BCUT2D eigenvalue weighted by molar-refractivity contribution is 6.39. The zero-order valence-corrected chi connectivity index (χ0v) is 17.0. The Hall–Kier alpha value is -1.69. The number of carbonyl (C=O) groups excluding carboxylic acids is 1. The minimum atomic E-state index is -0.113. The third kappa shape index (κ3) is 3.68. The summed E-state index contributed by atoms with van der Waals surface area (Å²) < 4.78 is 0. The van der Waals surface area contributed by atoms with Crippen LogP contribution in [0.3, 0.4) is 0 Å². The molecule has 4 rings (SSSR count). The van der Waals surface area contributed by atoms with Gasteiger partial charge in [-0.3, -0.25) is 4.98 Å². The smallest absolute Gasteiger partial charge is 0.321 e. The third-order valence-electron chi connectivity index (χ3n) is 5.24. The molecule has 2 saturated heterocycles. The Balaban J connectivity index is 1.49. The molecule has 3 heterocycles. The predicted molar refractivity (Wildman–Crippen MR) is 110 cm³/mol. The highest BCUT2D eigenvalue weighted by Gasteiger charge is 2.41. The Bertz CT molecular complexity index is 871. The number of hydrogen-bond acceptors (Lipinski definition) is 3. The molecule has 27 heavy (non-hydrogen) atoms. The second-order valence-corrected chi connectivity index (χ2v) is 8.38. The Morgan fingerprint density at radius 1 is 1.11 bits per heavy atom. The van der Waals surface area contributed by atoms with Crippen molar-refractivity contribution in [2.24, 2.45) is 5.92 Å². The van der Waals surface area contributed by atoms with Crippen molar-refractivity contribution in [3.05, 3.63) is 51.2 Å². The first-order chi connectivity index (χ1) is 12.9. The first-order valence-electron chi connectivity index (χ1n) is 8.80. The number of aromatic nitrogens is 1. The summed E-state index contributed by atoms with van der Waals surface area (Å²) in [5.74, 6) is 0.386. The fraction of sp³-hybridized carbons (Fsp3) is 0.368. The van der Waals surface area contributed by atoms with E-state index in [9.17, 15) is 4.79 Å². The van der Waals surface area contributed by atoms with E-state index >= 15 is 0 Å². The van der Waals surface area contributed by atoms with Crippen molar-refractivity contribution in [3.63, 3.8) is 0 Å². The largest absolute Gasteiger partial charge is 0.364 e. The van der Waals surface area contributed by atoms with Crippen molar-refractivity contribution in [1.82, 2.24) is 9.88 Å². The van der Waals surface area contributed by atoms with Crippen LogP contribution >= 0.6 is 34.8 Å². The van der Waals surface area contributed by atoms with E-state index in [2.05, 4.69) is 15.2 Å². The average molecular weight is 426 g/mol. The van der Waals surface area contributed by atoms with Gasteiger partial charge in [-0.2, -0.15) is 0 Å². The molecule has 0 aliphatic carbocycles. The molecule has 2 amide bonds. The third-order valence-corrected chi connectivity index (χ3v) is 6.20. The average Bonchev–Trinajstić information content (AvgIpc) is 2.91. The summed E-state index contributed by atoms with van der Waals surface area (Å²) >= 11 is 18.8. The van der Waals surface area contributed by atoms with Crippen molar-refractivity contribution >= 4 is 52.2 Å². The summed E-state index contributed by atoms with van der Waals surface area (Å²) in [5, 5.41) is 4.67. The number of aryl methyl sites for hydroxylation is 1. The summed E-state index contributed by atoms with van der Waals surface area (Å²) in [6, 6.07) is 5.61. The van der Waals surface area contributed by atoms with Crippen molar-refractivity contribution in [3.8, 4) is 0 Å². The van der Waals surface area contributed by atoms with Crippen LogP contribution in [0.2, 0.25) is 15.1 Å². The topological polar surface area (TPSA) is 48.5 Å². The lowest BCUT2D eigenvalue weighted by atomic mass is 10.0. The molecule has 1 aromatic heterocycles. The summed E-state index contributed by atoms with van der Waals surface area (Å²) in [7, 11) is 0. The molecule has 2 aromatic rings. The molecule has 1 N–H and O–H groups in total. The van der Waals surface area contributed by atoms with Crippen LogP contribution in [-0.2, 0) is 0 Å². The number of amides is 2. The van der Waals surface area contributed by atoms with Gasteiger partial charge in [-0.15, -0.1) is 0 Å². The molecular weight excluding hydrogens is 407 g/mol. The number of nitrogens with zero attached hydrogens (tertiary/aromatic N) is 3. The second kappa shape index (κ2) is 7.38. The number of carbonyl (C=O) groups is 1. The molecule has 0 saturated carbocycles. The molecule has 8 heteroatoms. The molecule has 1 aromatic carbocycles. The maximum atomic E-state index is 12.8. The van der Waals surface area contributed by atoms with Gasteiger partial charge in [0.05, 0.1) is 15.7 Å². The van der Waals surface area contributed by atoms with Gasteiger partial charge in [0.25, 0.3) is 0 Å². The number of anilines is 2. The number of benzene rings is 1. The van der Waals surface area contributed by atoms with Gasteiger partial charge in [-0.05, 0) is 37.0 Å². The van der Waals surface area contributed by atoms with Gasteiger partial charge in [0.1, 0.15) is 0 Å². The van der Waals surface area contributed by atoms with Gasteiger partial charge in [-0.25, -0.2) is 4.79 Å². The minimum absolute atomic E-state index is 0.113. The molecule has 2 fully saturated rings. The van der Waals surface area contributed by atoms with Gasteiger partial charge in [0, 0.05) is 48.8 Å². The Labute approximate surface area is 173 Å². The number of rotatable bonds is 2. The maximum Gasteiger partial charge on any atom is 0.321 e. The second-order valence-electron chi connectivity index (χ2n) is 7.16. The molecule has 2 atom stereocenters. The molecule has 2 aliphatic heterocycles. The van der Waals surface area contributed by atoms with E-state index < -0.39 is 0 Å². The van der Waals surface area contributed by atoms with Crippen LogP contribution in [0.4, 0.5) is 16.2 Å². The van der Waals surface area contributed by atoms with Gasteiger partial charge in [0.15, 0.2) is 0 Å². The minimum Gasteiger partial charge on any atom is -0.364 e. The van der Waals surface area contributed by atoms with Crippen LogP contribution in [0.15, 0.2) is 30.6 Å². The fourth-order valence-corrected chi connectivity index (χ4v) is 4.71. The van der Waals surface area contributed by atoms with Gasteiger partial charge >= 0.3 is 6.03 Å². The van der Waals surface area contributed by atoms with E-state index in [4.69, 9.17) is 34.8 Å². The predicted octanol–water partition coefficient (Wildman–Crippen LogP) is 5.09. The Kier molecular flexibility index (Phi) is 5.10. The molecular formula is C19H19Cl3N4O. The number of urea groups is 1. The van der Waals surface area contributed by atoms with Crippen molar-refractivity contribution in [2.75, 3.05) is 29.9 Å². The van der Waals surface area contributed by atoms with E-state index in [1.54, 1.807) is 18.5 Å². The standard InChI is InChI=1S/C19H19Cl3N4O/c1-11-2-3-13(5-15(11)20)24-19(27)25-8-12-4-14(10-25)26(9-12)18-16(21)6-23-7-17(18)22/h2-3,5-7,12,14H,4,8-10H2,1H3,(H,24,27). The maximum absolute atomic E-state index is 12.8. The SMILES string of the molecule is Cc1ccc(NC(=O)N2CC3CC(C2)N(c2c(Cl)cncc2Cl)C3)cc1Cl. The first-order valence-corrected chi connectivity index (χ1v) is 9.93. The van der Waals surface area contributed by atoms with E-state index in [-0.39, 0.29) is 12.1 Å². The van der Waals surface area contributed by atoms with E-state index in [0.29, 0.717) is 39.8 Å². The van der Waals surface area contributed by atoms with E-state index in [1.807, 2.05) is 24.0 Å². The monoisotopic (exact) mass is 424 g/mol. The van der Waals surface area contributed by atoms with Crippen molar-refractivity contribution in [1.29, 1.82) is 0 Å². The molecule has 2 unspecified atom stereocenters. The summed E-state index contributed by atoms with van der Waals surface area (Å²) in [5.41, 5.74) is 2.49. The summed E-state index contributed by atoms with van der Waals surface area (Å²) in [4.78, 5) is 20.9. The molecule has 142 valence electrons. The van der Waals surface area contributed by atoms with Crippen LogP contribution in [0.25, 0.3) is 0 Å². The normalized spacial score (nSPS) is 21.5. The van der Waals surface area contributed by atoms with Crippen LogP contribution in [-0.4, -0.2) is 41.6 Å². The summed E-state index contributed by atoms with van der Waals surface area (Å²) in [6.07, 6.45) is 4.24. The lowest BCUT2D eigenvalue weighted by Gasteiger charge is -2.33. The first kappa shape index (κ1) is 18.7. The fourth-order valence-electron chi connectivity index (χ4n) is 3.95. The summed E-state index contributed by atoms with van der Waals surface area (Å²) in [6.45, 7) is 4.09. The van der Waals surface area contributed by atoms with Crippen LogP contribution in [0, 0.1) is 12.8 Å². The lowest BCUT2D eigenvalue weighted by molar-refractivity contribution is 0.187. The van der Waals surface area contributed by atoms with Crippen molar-refractivity contribution in [2.45, 2.75) is 19.4 Å². The number of piperidine rings is 1. The molecule has 2 bridgehead atoms. The van der Waals surface area contributed by atoms with Gasteiger partial charge in [-0.1, -0.05) is 40.9 Å². The zero-order chi connectivity index (χ0) is 19.1. The van der Waals surface area contributed by atoms with E-state index in [1.165, 1.54) is 0 Å². The molecule has 2 aliphatic rings. The molecule has 0 spiro atoms. The lowest BCUT2D eigenvalue weighted by Crippen LogP contribution is -2.47. The zero-order valence-electron chi connectivity index (χ0n) is 14.8. The number of pyridine rings is 1. The number of halogens is 3.